The molecular formula is C14H28N2O2. The molecule has 0 spiro atoms. The number of hydrogen-bond donors (Lipinski definition) is 3. The third kappa shape index (κ3) is 5.71. The monoisotopic (exact) mass is 256 g/mol. The summed E-state index contributed by atoms with van der Waals surface area (Å²) in [5.41, 5.74) is 0. The van der Waals surface area contributed by atoms with Crippen LogP contribution in [0.4, 0.5) is 4.79 Å². The third-order valence-electron chi connectivity index (χ3n) is 3.96. The minimum atomic E-state index is -0.449. The van der Waals surface area contributed by atoms with Crippen LogP contribution in [0.5, 0.6) is 0 Å². The number of carbonyl (C=O) groups excluding carboxylic acids is 1. The quantitative estimate of drug-likeness (QED) is 0.662. The van der Waals surface area contributed by atoms with E-state index in [1.807, 2.05) is 13.8 Å². The van der Waals surface area contributed by atoms with Crippen molar-refractivity contribution in [3.63, 3.8) is 0 Å². The molecule has 18 heavy (non-hydrogen) atoms. The van der Waals surface area contributed by atoms with E-state index in [-0.39, 0.29) is 11.9 Å². The average Bonchev–Trinajstić information content (AvgIpc) is 2.63. The maximum Gasteiger partial charge on any atom is 0.315 e. The topological polar surface area (TPSA) is 61.4 Å². The largest absolute Gasteiger partial charge is 0.391 e. The Kier molecular flexibility index (Phi) is 7.09. The Morgan fingerprint density at radius 1 is 1.28 bits per heavy atom. The first-order valence-electron chi connectivity index (χ1n) is 7.36. The Bertz CT molecular complexity index is 238. The molecule has 1 aliphatic carbocycles. The van der Waals surface area contributed by atoms with Crippen LogP contribution in [0.15, 0.2) is 0 Å². The highest BCUT2D eigenvalue weighted by Gasteiger charge is 2.16. The van der Waals surface area contributed by atoms with Crippen LogP contribution in [-0.4, -0.2) is 29.8 Å². The number of hydrogen-bond acceptors (Lipinski definition) is 2. The van der Waals surface area contributed by atoms with Gasteiger partial charge in [0, 0.05) is 12.6 Å². The SMILES string of the molecule is CCC(C)C(O)CNC(=O)NC1CCCCCC1. The van der Waals surface area contributed by atoms with Crippen LogP contribution in [0.3, 0.4) is 0 Å². The van der Waals surface area contributed by atoms with Crippen LogP contribution in [0.2, 0.25) is 0 Å². The fourth-order valence-electron chi connectivity index (χ4n) is 2.33. The number of carbonyl (C=O) groups is 1. The zero-order chi connectivity index (χ0) is 13.4. The van der Waals surface area contributed by atoms with E-state index in [1.54, 1.807) is 0 Å². The minimum Gasteiger partial charge on any atom is -0.391 e. The van der Waals surface area contributed by atoms with Crippen LogP contribution in [0, 0.1) is 5.92 Å². The second kappa shape index (κ2) is 8.35. The molecule has 0 aromatic heterocycles. The lowest BCUT2D eigenvalue weighted by Gasteiger charge is -2.20. The molecule has 2 unspecified atom stereocenters. The van der Waals surface area contributed by atoms with E-state index in [0.29, 0.717) is 12.6 Å². The Morgan fingerprint density at radius 3 is 2.44 bits per heavy atom. The van der Waals surface area contributed by atoms with Crippen molar-refractivity contribution in [1.29, 1.82) is 0 Å². The molecule has 3 N–H and O–H groups in total. The Hall–Kier alpha value is -0.770. The van der Waals surface area contributed by atoms with Gasteiger partial charge in [-0.1, -0.05) is 46.0 Å². The highest BCUT2D eigenvalue weighted by Crippen LogP contribution is 2.17. The summed E-state index contributed by atoms with van der Waals surface area (Å²) in [5, 5.41) is 15.6. The predicted molar refractivity (Wildman–Crippen MR) is 73.5 cm³/mol. The Balaban J connectivity index is 2.20. The van der Waals surface area contributed by atoms with E-state index in [2.05, 4.69) is 10.6 Å². The maximum absolute atomic E-state index is 11.7. The number of amides is 2. The van der Waals surface area contributed by atoms with E-state index in [1.165, 1.54) is 25.7 Å². The molecule has 1 fully saturated rings. The molecule has 2 atom stereocenters. The lowest BCUT2D eigenvalue weighted by molar-refractivity contribution is 0.114. The van der Waals surface area contributed by atoms with Gasteiger partial charge in [-0.15, -0.1) is 0 Å². The first-order chi connectivity index (χ1) is 8.63. The van der Waals surface area contributed by atoms with E-state index in [0.717, 1.165) is 19.3 Å². The third-order valence-corrected chi connectivity index (χ3v) is 3.96. The van der Waals surface area contributed by atoms with Gasteiger partial charge in [0.1, 0.15) is 0 Å². The van der Waals surface area contributed by atoms with E-state index in [9.17, 15) is 9.90 Å². The van der Waals surface area contributed by atoms with Gasteiger partial charge >= 0.3 is 6.03 Å². The first-order valence-corrected chi connectivity index (χ1v) is 7.36. The fraction of sp³-hybridized carbons (Fsp3) is 0.929. The van der Waals surface area contributed by atoms with Crippen molar-refractivity contribution >= 4 is 6.03 Å². The molecule has 2 amide bonds. The standard InChI is InChI=1S/C14H28N2O2/c1-3-11(2)13(17)10-15-14(18)16-12-8-6-4-5-7-9-12/h11-13,17H,3-10H2,1-2H3,(H2,15,16,18). The van der Waals surface area contributed by atoms with Crippen molar-refractivity contribution in [3.05, 3.63) is 0 Å². The average molecular weight is 256 g/mol. The van der Waals surface area contributed by atoms with Crippen molar-refractivity contribution < 1.29 is 9.90 Å². The molecule has 0 radical (unpaired) electrons. The zero-order valence-corrected chi connectivity index (χ0v) is 11.7. The van der Waals surface area contributed by atoms with Crippen LogP contribution in [-0.2, 0) is 0 Å². The van der Waals surface area contributed by atoms with E-state index < -0.39 is 6.10 Å². The van der Waals surface area contributed by atoms with Crippen molar-refractivity contribution in [1.82, 2.24) is 10.6 Å². The van der Waals surface area contributed by atoms with Crippen molar-refractivity contribution in [3.8, 4) is 0 Å². The van der Waals surface area contributed by atoms with Gasteiger partial charge in [0.05, 0.1) is 6.10 Å². The van der Waals surface area contributed by atoms with Crippen molar-refractivity contribution in [2.75, 3.05) is 6.54 Å². The number of urea groups is 1. The second-order valence-electron chi connectivity index (χ2n) is 5.50. The molecular weight excluding hydrogens is 228 g/mol. The summed E-state index contributed by atoms with van der Waals surface area (Å²) in [6, 6.07) is 0.178. The normalized spacial score (nSPS) is 20.8. The van der Waals surface area contributed by atoms with Crippen molar-refractivity contribution in [2.24, 2.45) is 5.92 Å². The highest BCUT2D eigenvalue weighted by molar-refractivity contribution is 5.74. The molecule has 1 aliphatic rings. The van der Waals surface area contributed by atoms with Gasteiger partial charge in [0.15, 0.2) is 0 Å². The molecule has 0 saturated heterocycles. The van der Waals surface area contributed by atoms with Crippen LogP contribution < -0.4 is 10.6 Å². The summed E-state index contributed by atoms with van der Waals surface area (Å²) >= 11 is 0. The molecule has 0 aromatic carbocycles. The summed E-state index contributed by atoms with van der Waals surface area (Å²) in [5.74, 6) is 0.225. The Morgan fingerprint density at radius 2 is 1.89 bits per heavy atom. The summed E-state index contributed by atoms with van der Waals surface area (Å²) < 4.78 is 0. The van der Waals surface area contributed by atoms with E-state index >= 15 is 0 Å². The minimum absolute atomic E-state index is 0.135. The van der Waals surface area contributed by atoms with Gasteiger partial charge in [0.2, 0.25) is 0 Å². The number of aliphatic hydroxyl groups is 1. The lowest BCUT2D eigenvalue weighted by atomic mass is 10.0. The number of nitrogens with one attached hydrogen (secondary N) is 2. The number of aliphatic hydroxyl groups excluding tert-OH is 1. The van der Waals surface area contributed by atoms with Crippen LogP contribution in [0.1, 0.15) is 58.8 Å². The molecule has 1 rings (SSSR count). The van der Waals surface area contributed by atoms with Gasteiger partial charge in [-0.05, 0) is 18.8 Å². The molecule has 0 aromatic rings. The molecule has 106 valence electrons. The van der Waals surface area contributed by atoms with Gasteiger partial charge in [0.25, 0.3) is 0 Å². The summed E-state index contributed by atoms with van der Waals surface area (Å²) in [6.07, 6.45) is 7.63. The fourth-order valence-corrected chi connectivity index (χ4v) is 2.33. The smallest absolute Gasteiger partial charge is 0.315 e. The summed E-state index contributed by atoms with van der Waals surface area (Å²) in [6.45, 7) is 4.38. The Labute approximate surface area is 111 Å². The van der Waals surface area contributed by atoms with Gasteiger partial charge in [-0.25, -0.2) is 4.79 Å². The van der Waals surface area contributed by atoms with Gasteiger partial charge < -0.3 is 15.7 Å². The van der Waals surface area contributed by atoms with Crippen LogP contribution in [0.25, 0.3) is 0 Å². The molecule has 0 bridgehead atoms. The molecule has 0 heterocycles. The van der Waals surface area contributed by atoms with Gasteiger partial charge in [-0.2, -0.15) is 0 Å². The van der Waals surface area contributed by atoms with Gasteiger partial charge in [-0.3, -0.25) is 0 Å². The summed E-state index contributed by atoms with van der Waals surface area (Å²) in [7, 11) is 0. The van der Waals surface area contributed by atoms with E-state index in [4.69, 9.17) is 0 Å². The van der Waals surface area contributed by atoms with Crippen LogP contribution >= 0.6 is 0 Å². The maximum atomic E-state index is 11.7. The number of rotatable bonds is 5. The molecule has 4 heteroatoms. The zero-order valence-electron chi connectivity index (χ0n) is 11.7. The molecule has 4 nitrogen and oxygen atoms in total. The van der Waals surface area contributed by atoms with Crippen molar-refractivity contribution in [2.45, 2.75) is 70.9 Å². The highest BCUT2D eigenvalue weighted by atomic mass is 16.3. The first kappa shape index (κ1) is 15.3. The lowest BCUT2D eigenvalue weighted by Crippen LogP contribution is -2.45. The second-order valence-corrected chi connectivity index (χ2v) is 5.50. The molecule has 1 saturated carbocycles. The molecule has 0 aliphatic heterocycles. The summed E-state index contributed by atoms with van der Waals surface area (Å²) in [4.78, 5) is 11.7. The predicted octanol–water partition coefficient (Wildman–Crippen LogP) is 2.42.